The molecule has 15 heavy (non-hydrogen) atoms. The van der Waals surface area contributed by atoms with Crippen LogP contribution in [0, 0.1) is 6.92 Å². The van der Waals surface area contributed by atoms with E-state index in [4.69, 9.17) is 4.74 Å². The summed E-state index contributed by atoms with van der Waals surface area (Å²) >= 11 is 0. The minimum Gasteiger partial charge on any atom is -0.496 e. The van der Waals surface area contributed by atoms with Crippen LogP contribution in [0.15, 0.2) is 18.2 Å². The molecule has 0 amide bonds. The van der Waals surface area contributed by atoms with E-state index in [9.17, 15) is 5.11 Å². The minimum absolute atomic E-state index is 0.718. The van der Waals surface area contributed by atoms with Crippen molar-refractivity contribution in [2.75, 3.05) is 7.11 Å². The molecule has 1 aromatic carbocycles. The minimum atomic E-state index is -0.721. The molecule has 0 atom stereocenters. The lowest BCUT2D eigenvalue weighted by Gasteiger charge is -2.26. The van der Waals surface area contributed by atoms with Gasteiger partial charge in [0.25, 0.3) is 0 Å². The molecular formula is C13H20O2. The maximum atomic E-state index is 10.4. The van der Waals surface area contributed by atoms with Gasteiger partial charge in [-0.2, -0.15) is 0 Å². The SMILES string of the molecule is CCC(O)(CC)c1ccc(C)c(OC)c1. The fraction of sp³-hybridized carbons (Fsp3) is 0.538. The molecular weight excluding hydrogens is 188 g/mol. The summed E-state index contributed by atoms with van der Waals surface area (Å²) in [5, 5.41) is 10.4. The first kappa shape index (κ1) is 12.1. The maximum Gasteiger partial charge on any atom is 0.122 e. The van der Waals surface area contributed by atoms with Crippen LogP contribution in [0.4, 0.5) is 0 Å². The van der Waals surface area contributed by atoms with Crippen LogP contribution in [-0.4, -0.2) is 12.2 Å². The Morgan fingerprint density at radius 1 is 1.27 bits per heavy atom. The number of benzene rings is 1. The molecule has 0 aliphatic carbocycles. The van der Waals surface area contributed by atoms with E-state index in [0.717, 1.165) is 29.7 Å². The molecule has 2 nitrogen and oxygen atoms in total. The monoisotopic (exact) mass is 208 g/mol. The van der Waals surface area contributed by atoms with Gasteiger partial charge in [0, 0.05) is 0 Å². The zero-order valence-corrected chi connectivity index (χ0v) is 10.0. The van der Waals surface area contributed by atoms with Gasteiger partial charge in [-0.3, -0.25) is 0 Å². The van der Waals surface area contributed by atoms with E-state index in [2.05, 4.69) is 0 Å². The average molecular weight is 208 g/mol. The van der Waals surface area contributed by atoms with Gasteiger partial charge < -0.3 is 9.84 Å². The van der Waals surface area contributed by atoms with Crippen LogP contribution in [0.3, 0.4) is 0 Å². The Labute approximate surface area is 91.9 Å². The molecule has 84 valence electrons. The number of methoxy groups -OCH3 is 1. The molecule has 0 aromatic heterocycles. The first-order valence-corrected chi connectivity index (χ1v) is 5.45. The van der Waals surface area contributed by atoms with E-state index in [-0.39, 0.29) is 0 Å². The van der Waals surface area contributed by atoms with Crippen LogP contribution >= 0.6 is 0 Å². The van der Waals surface area contributed by atoms with Gasteiger partial charge in [0.1, 0.15) is 5.75 Å². The Morgan fingerprint density at radius 2 is 1.87 bits per heavy atom. The molecule has 0 saturated carbocycles. The van der Waals surface area contributed by atoms with E-state index in [0.29, 0.717) is 0 Å². The number of ether oxygens (including phenoxy) is 1. The second kappa shape index (κ2) is 4.67. The lowest BCUT2D eigenvalue weighted by atomic mass is 9.88. The highest BCUT2D eigenvalue weighted by atomic mass is 16.5. The third-order valence-corrected chi connectivity index (χ3v) is 3.12. The standard InChI is InChI=1S/C13H20O2/c1-5-13(14,6-2)11-8-7-10(3)12(9-11)15-4/h7-9,14H,5-6H2,1-4H3. The number of hydrogen-bond donors (Lipinski definition) is 1. The van der Waals surface area contributed by atoms with Crippen LogP contribution < -0.4 is 4.74 Å². The van der Waals surface area contributed by atoms with Gasteiger partial charge in [-0.15, -0.1) is 0 Å². The quantitative estimate of drug-likeness (QED) is 0.824. The smallest absolute Gasteiger partial charge is 0.122 e. The van der Waals surface area contributed by atoms with Crippen molar-refractivity contribution in [3.05, 3.63) is 29.3 Å². The lowest BCUT2D eigenvalue weighted by molar-refractivity contribution is 0.0282. The highest BCUT2D eigenvalue weighted by molar-refractivity contribution is 5.38. The lowest BCUT2D eigenvalue weighted by Crippen LogP contribution is -2.23. The van der Waals surface area contributed by atoms with E-state index >= 15 is 0 Å². The molecule has 0 saturated heterocycles. The van der Waals surface area contributed by atoms with Gasteiger partial charge in [-0.1, -0.05) is 26.0 Å². The van der Waals surface area contributed by atoms with Crippen molar-refractivity contribution in [2.45, 2.75) is 39.2 Å². The van der Waals surface area contributed by atoms with Gasteiger partial charge in [0.2, 0.25) is 0 Å². The van der Waals surface area contributed by atoms with E-state index < -0.39 is 5.60 Å². The van der Waals surface area contributed by atoms with Crippen LogP contribution in [0.25, 0.3) is 0 Å². The summed E-state index contributed by atoms with van der Waals surface area (Å²) in [5.41, 5.74) is 1.31. The van der Waals surface area contributed by atoms with Crippen LogP contribution in [0.2, 0.25) is 0 Å². The molecule has 1 aromatic rings. The second-order valence-corrected chi connectivity index (χ2v) is 3.92. The molecule has 1 N–H and O–H groups in total. The molecule has 0 spiro atoms. The van der Waals surface area contributed by atoms with Crippen molar-refractivity contribution < 1.29 is 9.84 Å². The average Bonchev–Trinajstić information content (AvgIpc) is 2.28. The van der Waals surface area contributed by atoms with Crippen molar-refractivity contribution in [1.82, 2.24) is 0 Å². The van der Waals surface area contributed by atoms with Crippen molar-refractivity contribution in [2.24, 2.45) is 0 Å². The molecule has 0 bridgehead atoms. The van der Waals surface area contributed by atoms with E-state index in [1.54, 1.807) is 7.11 Å². The summed E-state index contributed by atoms with van der Waals surface area (Å²) in [4.78, 5) is 0. The number of aliphatic hydroxyl groups is 1. The van der Waals surface area contributed by atoms with Crippen molar-refractivity contribution >= 4 is 0 Å². The molecule has 1 rings (SSSR count). The Bertz CT molecular complexity index is 327. The predicted octanol–water partition coefficient (Wildman–Crippen LogP) is 3.01. The molecule has 0 fully saturated rings. The third kappa shape index (κ3) is 2.32. The molecule has 2 heteroatoms. The predicted molar refractivity (Wildman–Crippen MR) is 62.2 cm³/mol. The third-order valence-electron chi connectivity index (χ3n) is 3.12. The van der Waals surface area contributed by atoms with Gasteiger partial charge >= 0.3 is 0 Å². The van der Waals surface area contributed by atoms with Crippen LogP contribution in [-0.2, 0) is 5.60 Å². The fourth-order valence-corrected chi connectivity index (χ4v) is 1.77. The Kier molecular flexibility index (Phi) is 3.75. The number of rotatable bonds is 4. The zero-order chi connectivity index (χ0) is 11.5. The Morgan fingerprint density at radius 3 is 2.33 bits per heavy atom. The second-order valence-electron chi connectivity index (χ2n) is 3.92. The summed E-state index contributed by atoms with van der Waals surface area (Å²) in [6, 6.07) is 5.90. The number of aryl methyl sites for hydroxylation is 1. The van der Waals surface area contributed by atoms with Crippen LogP contribution in [0.1, 0.15) is 37.8 Å². The highest BCUT2D eigenvalue weighted by Crippen LogP contribution is 2.31. The van der Waals surface area contributed by atoms with E-state index in [1.807, 2.05) is 39.0 Å². The normalized spacial score (nSPS) is 11.5. The number of hydrogen-bond acceptors (Lipinski definition) is 2. The van der Waals surface area contributed by atoms with Crippen molar-refractivity contribution in [3.63, 3.8) is 0 Å². The Balaban J connectivity index is 3.15. The summed E-state index contributed by atoms with van der Waals surface area (Å²) < 4.78 is 5.26. The van der Waals surface area contributed by atoms with Crippen molar-refractivity contribution in [1.29, 1.82) is 0 Å². The van der Waals surface area contributed by atoms with E-state index in [1.165, 1.54) is 0 Å². The summed E-state index contributed by atoms with van der Waals surface area (Å²) in [5.74, 6) is 0.841. The Hall–Kier alpha value is -1.02. The molecule has 0 aliphatic heterocycles. The van der Waals surface area contributed by atoms with Gasteiger partial charge in [-0.05, 0) is 37.0 Å². The highest BCUT2D eigenvalue weighted by Gasteiger charge is 2.25. The molecule has 0 heterocycles. The largest absolute Gasteiger partial charge is 0.496 e. The van der Waals surface area contributed by atoms with Crippen LogP contribution in [0.5, 0.6) is 5.75 Å². The fourth-order valence-electron chi connectivity index (χ4n) is 1.77. The summed E-state index contributed by atoms with van der Waals surface area (Å²) in [6.07, 6.45) is 1.44. The van der Waals surface area contributed by atoms with Crippen molar-refractivity contribution in [3.8, 4) is 5.75 Å². The first-order chi connectivity index (χ1) is 7.07. The van der Waals surface area contributed by atoms with Gasteiger partial charge in [0.15, 0.2) is 0 Å². The first-order valence-electron chi connectivity index (χ1n) is 5.45. The van der Waals surface area contributed by atoms with Gasteiger partial charge in [-0.25, -0.2) is 0 Å². The molecule has 0 unspecified atom stereocenters. The summed E-state index contributed by atoms with van der Waals surface area (Å²) in [7, 11) is 1.66. The summed E-state index contributed by atoms with van der Waals surface area (Å²) in [6.45, 7) is 5.99. The zero-order valence-electron chi connectivity index (χ0n) is 10.0. The topological polar surface area (TPSA) is 29.5 Å². The van der Waals surface area contributed by atoms with Gasteiger partial charge in [0.05, 0.1) is 12.7 Å². The molecule has 0 radical (unpaired) electrons. The maximum absolute atomic E-state index is 10.4. The molecule has 0 aliphatic rings.